The largest absolute Gasteiger partial charge is 0.382 e. The summed E-state index contributed by atoms with van der Waals surface area (Å²) in [5.41, 5.74) is 2.59. The molecule has 17 heavy (non-hydrogen) atoms. The van der Waals surface area contributed by atoms with E-state index in [4.69, 9.17) is 16.9 Å². The first-order valence-electron chi connectivity index (χ1n) is 6.09. The van der Waals surface area contributed by atoms with Crippen LogP contribution in [-0.2, 0) is 0 Å². The molecule has 0 radical (unpaired) electrons. The van der Waals surface area contributed by atoms with Gasteiger partial charge in [-0.1, -0.05) is 24.9 Å². The minimum atomic E-state index is 0.540. The lowest BCUT2D eigenvalue weighted by atomic mass is 10.0. The standard InChI is InChI=1S/C14H17ClN2/c1-9-4-3-5-12(9)17-13-7-6-11(8-16)14(15)10(13)2/h6-7,9,12,17H,3-5H2,1-2H3. The van der Waals surface area contributed by atoms with Gasteiger partial charge in [0.15, 0.2) is 0 Å². The smallest absolute Gasteiger partial charge is 0.101 e. The Bertz CT molecular complexity index is 462. The van der Waals surface area contributed by atoms with E-state index in [1.165, 1.54) is 19.3 Å². The SMILES string of the molecule is Cc1c(NC2CCCC2C)ccc(C#N)c1Cl. The number of halogens is 1. The summed E-state index contributed by atoms with van der Waals surface area (Å²) in [4.78, 5) is 0. The Morgan fingerprint density at radius 2 is 2.18 bits per heavy atom. The number of nitrogens with one attached hydrogen (secondary N) is 1. The topological polar surface area (TPSA) is 35.8 Å². The zero-order valence-corrected chi connectivity index (χ0v) is 11.0. The van der Waals surface area contributed by atoms with Crippen molar-refractivity contribution in [2.24, 2.45) is 5.92 Å². The average molecular weight is 249 g/mol. The Morgan fingerprint density at radius 3 is 2.76 bits per heavy atom. The van der Waals surface area contributed by atoms with Crippen LogP contribution in [-0.4, -0.2) is 6.04 Å². The maximum absolute atomic E-state index is 8.91. The Morgan fingerprint density at radius 1 is 1.41 bits per heavy atom. The lowest BCUT2D eigenvalue weighted by Crippen LogP contribution is -2.22. The van der Waals surface area contributed by atoms with Crippen molar-refractivity contribution < 1.29 is 0 Å². The fourth-order valence-electron chi connectivity index (χ4n) is 2.49. The van der Waals surface area contributed by atoms with E-state index in [9.17, 15) is 0 Å². The summed E-state index contributed by atoms with van der Waals surface area (Å²) in [6, 6.07) is 6.40. The van der Waals surface area contributed by atoms with Crippen molar-refractivity contribution in [3.05, 3.63) is 28.3 Å². The highest BCUT2D eigenvalue weighted by molar-refractivity contribution is 6.32. The van der Waals surface area contributed by atoms with Crippen molar-refractivity contribution in [1.82, 2.24) is 0 Å². The third-order valence-corrected chi connectivity index (χ3v) is 4.20. The molecule has 0 aliphatic heterocycles. The van der Waals surface area contributed by atoms with Crippen LogP contribution < -0.4 is 5.32 Å². The summed E-state index contributed by atoms with van der Waals surface area (Å²) in [5, 5.41) is 13.0. The highest BCUT2D eigenvalue weighted by Crippen LogP contribution is 2.32. The fraction of sp³-hybridized carbons (Fsp3) is 0.500. The summed E-state index contributed by atoms with van der Waals surface area (Å²) >= 11 is 6.16. The highest BCUT2D eigenvalue weighted by Gasteiger charge is 2.23. The minimum Gasteiger partial charge on any atom is -0.382 e. The Kier molecular flexibility index (Phi) is 3.59. The Labute approximate surface area is 108 Å². The van der Waals surface area contributed by atoms with Crippen LogP contribution in [0.1, 0.15) is 37.3 Å². The summed E-state index contributed by atoms with van der Waals surface area (Å²) < 4.78 is 0. The number of benzene rings is 1. The first-order valence-corrected chi connectivity index (χ1v) is 6.47. The van der Waals surface area contributed by atoms with E-state index >= 15 is 0 Å². The van der Waals surface area contributed by atoms with Crippen LogP contribution in [0.4, 0.5) is 5.69 Å². The Balaban J connectivity index is 2.22. The molecule has 0 amide bonds. The third-order valence-electron chi connectivity index (χ3n) is 3.71. The van der Waals surface area contributed by atoms with Crippen molar-refractivity contribution in [3.8, 4) is 6.07 Å². The van der Waals surface area contributed by atoms with Gasteiger partial charge in [0.25, 0.3) is 0 Å². The molecule has 0 bridgehead atoms. The summed E-state index contributed by atoms with van der Waals surface area (Å²) in [5.74, 6) is 0.712. The molecule has 2 rings (SSSR count). The van der Waals surface area contributed by atoms with Gasteiger partial charge in [0.2, 0.25) is 0 Å². The zero-order chi connectivity index (χ0) is 12.4. The molecule has 1 aromatic rings. The molecule has 1 N–H and O–H groups in total. The van der Waals surface area contributed by atoms with Gasteiger partial charge in [0.05, 0.1) is 10.6 Å². The van der Waals surface area contributed by atoms with Gasteiger partial charge in [-0.2, -0.15) is 5.26 Å². The minimum absolute atomic E-state index is 0.540. The quantitative estimate of drug-likeness (QED) is 0.855. The van der Waals surface area contributed by atoms with E-state index in [2.05, 4.69) is 18.3 Å². The second-order valence-corrected chi connectivity index (χ2v) is 5.25. The average Bonchev–Trinajstić information content (AvgIpc) is 2.71. The fourth-order valence-corrected chi connectivity index (χ4v) is 2.69. The molecule has 2 nitrogen and oxygen atoms in total. The third kappa shape index (κ3) is 2.40. The van der Waals surface area contributed by atoms with Crippen LogP contribution in [0.25, 0.3) is 0 Å². The number of nitriles is 1. The zero-order valence-electron chi connectivity index (χ0n) is 10.3. The molecular formula is C14H17ClN2. The van der Waals surface area contributed by atoms with Gasteiger partial charge < -0.3 is 5.32 Å². The van der Waals surface area contributed by atoms with Gasteiger partial charge in [-0.3, -0.25) is 0 Å². The van der Waals surface area contributed by atoms with Gasteiger partial charge in [-0.25, -0.2) is 0 Å². The first-order chi connectivity index (χ1) is 8.13. The monoisotopic (exact) mass is 248 g/mol. The molecule has 0 aromatic heterocycles. The van der Waals surface area contributed by atoms with Crippen molar-refractivity contribution in [2.45, 2.75) is 39.2 Å². The van der Waals surface area contributed by atoms with E-state index < -0.39 is 0 Å². The van der Waals surface area contributed by atoms with Crippen LogP contribution in [0.5, 0.6) is 0 Å². The molecule has 1 saturated carbocycles. The van der Waals surface area contributed by atoms with E-state index in [1.807, 2.05) is 13.0 Å². The van der Waals surface area contributed by atoms with Crippen LogP contribution in [0.2, 0.25) is 5.02 Å². The number of hydrogen-bond donors (Lipinski definition) is 1. The van der Waals surface area contributed by atoms with E-state index in [0.717, 1.165) is 11.3 Å². The lowest BCUT2D eigenvalue weighted by molar-refractivity contribution is 0.556. The maximum atomic E-state index is 8.91. The molecule has 1 fully saturated rings. The van der Waals surface area contributed by atoms with Crippen molar-refractivity contribution in [2.75, 3.05) is 5.32 Å². The van der Waals surface area contributed by atoms with E-state index in [0.29, 0.717) is 22.5 Å². The van der Waals surface area contributed by atoms with Crippen molar-refractivity contribution in [1.29, 1.82) is 5.26 Å². The van der Waals surface area contributed by atoms with Gasteiger partial charge in [0.1, 0.15) is 6.07 Å². The summed E-state index contributed by atoms with van der Waals surface area (Å²) in [7, 11) is 0. The normalized spacial score (nSPS) is 23.4. The van der Waals surface area contributed by atoms with Gasteiger partial charge in [-0.15, -0.1) is 0 Å². The predicted molar refractivity (Wildman–Crippen MR) is 71.3 cm³/mol. The summed E-state index contributed by atoms with van der Waals surface area (Å²) in [6.07, 6.45) is 3.81. The van der Waals surface area contributed by atoms with Crippen LogP contribution in [0.3, 0.4) is 0 Å². The van der Waals surface area contributed by atoms with E-state index in [1.54, 1.807) is 6.07 Å². The Hall–Kier alpha value is -1.20. The number of anilines is 1. The molecule has 3 heteroatoms. The first kappa shape index (κ1) is 12.3. The van der Waals surface area contributed by atoms with Gasteiger partial charge >= 0.3 is 0 Å². The molecule has 0 heterocycles. The second-order valence-electron chi connectivity index (χ2n) is 4.87. The van der Waals surface area contributed by atoms with Crippen molar-refractivity contribution >= 4 is 17.3 Å². The number of rotatable bonds is 2. The number of hydrogen-bond acceptors (Lipinski definition) is 2. The molecule has 1 aliphatic carbocycles. The molecule has 0 spiro atoms. The number of nitrogens with zero attached hydrogens (tertiary/aromatic N) is 1. The van der Waals surface area contributed by atoms with E-state index in [-0.39, 0.29) is 0 Å². The van der Waals surface area contributed by atoms with Gasteiger partial charge in [-0.05, 0) is 43.4 Å². The molecule has 2 unspecified atom stereocenters. The molecule has 1 aliphatic rings. The molecule has 0 saturated heterocycles. The second kappa shape index (κ2) is 4.98. The maximum Gasteiger partial charge on any atom is 0.101 e. The van der Waals surface area contributed by atoms with Crippen molar-refractivity contribution in [3.63, 3.8) is 0 Å². The van der Waals surface area contributed by atoms with Crippen LogP contribution in [0, 0.1) is 24.2 Å². The van der Waals surface area contributed by atoms with Gasteiger partial charge in [0, 0.05) is 11.7 Å². The highest BCUT2D eigenvalue weighted by atomic mass is 35.5. The molecule has 90 valence electrons. The molecular weight excluding hydrogens is 232 g/mol. The van der Waals surface area contributed by atoms with Crippen LogP contribution in [0.15, 0.2) is 12.1 Å². The lowest BCUT2D eigenvalue weighted by Gasteiger charge is -2.20. The summed E-state index contributed by atoms with van der Waals surface area (Å²) in [6.45, 7) is 4.25. The van der Waals surface area contributed by atoms with Crippen LogP contribution >= 0.6 is 11.6 Å². The molecule has 2 atom stereocenters. The molecule has 1 aromatic carbocycles. The predicted octanol–water partition coefficient (Wildman–Crippen LogP) is 4.12.